The molecule has 0 aromatic carbocycles. The number of ether oxygens (including phenoxy) is 1. The standard InChI is InChI=1S/C17H28N4O3/c1-5-8-19-15(22)13(11-18)12-20-14-6-9-21(10-7-14)16(23)24-17(2,3)4/h12,14,20H,5-10H2,1-4H3,(H,19,22)/b13-12-. The summed E-state index contributed by atoms with van der Waals surface area (Å²) in [6.45, 7) is 9.21. The van der Waals surface area contributed by atoms with E-state index in [9.17, 15) is 9.59 Å². The molecule has 0 saturated carbocycles. The van der Waals surface area contributed by atoms with E-state index in [1.807, 2.05) is 33.8 Å². The van der Waals surface area contributed by atoms with Crippen LogP contribution < -0.4 is 10.6 Å². The first-order valence-electron chi connectivity index (χ1n) is 8.39. The Morgan fingerprint density at radius 1 is 1.33 bits per heavy atom. The van der Waals surface area contributed by atoms with Crippen LogP contribution in [0.2, 0.25) is 0 Å². The summed E-state index contributed by atoms with van der Waals surface area (Å²) in [5.41, 5.74) is -0.430. The number of rotatable bonds is 5. The average Bonchev–Trinajstić information content (AvgIpc) is 2.52. The summed E-state index contributed by atoms with van der Waals surface area (Å²) in [5.74, 6) is -0.363. The molecule has 2 amide bonds. The molecule has 0 spiro atoms. The normalized spacial score (nSPS) is 16.3. The monoisotopic (exact) mass is 336 g/mol. The lowest BCUT2D eigenvalue weighted by molar-refractivity contribution is -0.117. The van der Waals surface area contributed by atoms with Gasteiger partial charge in [-0.15, -0.1) is 0 Å². The van der Waals surface area contributed by atoms with Crippen LogP contribution >= 0.6 is 0 Å². The second-order valence-corrected chi connectivity index (χ2v) is 6.83. The zero-order chi connectivity index (χ0) is 18.2. The fraction of sp³-hybridized carbons (Fsp3) is 0.706. The van der Waals surface area contributed by atoms with Crippen LogP contribution in [0.5, 0.6) is 0 Å². The third kappa shape index (κ3) is 6.90. The molecule has 0 aliphatic carbocycles. The summed E-state index contributed by atoms with van der Waals surface area (Å²) in [7, 11) is 0. The molecule has 0 aromatic heterocycles. The number of nitrogens with one attached hydrogen (secondary N) is 2. The minimum Gasteiger partial charge on any atom is -0.444 e. The van der Waals surface area contributed by atoms with Gasteiger partial charge in [0.15, 0.2) is 0 Å². The van der Waals surface area contributed by atoms with Gasteiger partial charge in [0, 0.05) is 31.9 Å². The molecule has 24 heavy (non-hydrogen) atoms. The summed E-state index contributed by atoms with van der Waals surface area (Å²) < 4.78 is 5.36. The van der Waals surface area contributed by atoms with Crippen molar-refractivity contribution < 1.29 is 14.3 Å². The molecule has 0 aromatic rings. The number of hydrogen-bond acceptors (Lipinski definition) is 5. The van der Waals surface area contributed by atoms with Crippen LogP contribution in [0, 0.1) is 11.3 Å². The van der Waals surface area contributed by atoms with E-state index >= 15 is 0 Å². The zero-order valence-corrected chi connectivity index (χ0v) is 15.0. The van der Waals surface area contributed by atoms with Gasteiger partial charge in [0.1, 0.15) is 17.2 Å². The van der Waals surface area contributed by atoms with E-state index in [1.165, 1.54) is 6.20 Å². The van der Waals surface area contributed by atoms with Crippen LogP contribution in [-0.2, 0) is 9.53 Å². The van der Waals surface area contributed by atoms with Gasteiger partial charge in [-0.3, -0.25) is 4.79 Å². The molecule has 0 bridgehead atoms. The highest BCUT2D eigenvalue weighted by Crippen LogP contribution is 2.15. The maximum Gasteiger partial charge on any atom is 0.410 e. The van der Waals surface area contributed by atoms with E-state index in [0.717, 1.165) is 19.3 Å². The second-order valence-electron chi connectivity index (χ2n) is 6.83. The molecule has 0 radical (unpaired) electrons. The summed E-state index contributed by atoms with van der Waals surface area (Å²) in [4.78, 5) is 25.5. The van der Waals surface area contributed by atoms with Crippen LogP contribution in [0.15, 0.2) is 11.8 Å². The third-order valence-electron chi connectivity index (χ3n) is 3.51. The molecule has 1 aliphatic rings. The summed E-state index contributed by atoms with van der Waals surface area (Å²) >= 11 is 0. The van der Waals surface area contributed by atoms with E-state index in [-0.39, 0.29) is 23.6 Å². The van der Waals surface area contributed by atoms with E-state index in [1.54, 1.807) is 4.90 Å². The van der Waals surface area contributed by atoms with Crippen LogP contribution in [0.4, 0.5) is 4.79 Å². The quantitative estimate of drug-likeness (QED) is 0.591. The predicted molar refractivity (Wildman–Crippen MR) is 91.0 cm³/mol. The molecule has 1 saturated heterocycles. The molecular formula is C17H28N4O3. The first kappa shape index (κ1) is 19.8. The van der Waals surface area contributed by atoms with Gasteiger partial charge in [-0.1, -0.05) is 6.92 Å². The Bertz CT molecular complexity index is 509. The van der Waals surface area contributed by atoms with Crippen molar-refractivity contribution >= 4 is 12.0 Å². The largest absolute Gasteiger partial charge is 0.444 e. The number of piperidine rings is 1. The molecule has 134 valence electrons. The highest BCUT2D eigenvalue weighted by molar-refractivity contribution is 5.97. The van der Waals surface area contributed by atoms with Crippen LogP contribution in [0.3, 0.4) is 0 Å². The lowest BCUT2D eigenvalue weighted by atomic mass is 10.1. The molecule has 1 heterocycles. The Kier molecular flexibility index (Phi) is 7.56. The highest BCUT2D eigenvalue weighted by Gasteiger charge is 2.26. The Morgan fingerprint density at radius 3 is 2.46 bits per heavy atom. The molecular weight excluding hydrogens is 308 g/mol. The molecule has 0 unspecified atom stereocenters. The van der Waals surface area contributed by atoms with Crippen molar-refractivity contribution in [1.29, 1.82) is 5.26 Å². The van der Waals surface area contributed by atoms with Crippen molar-refractivity contribution in [2.24, 2.45) is 0 Å². The first-order valence-corrected chi connectivity index (χ1v) is 8.39. The van der Waals surface area contributed by atoms with E-state index in [4.69, 9.17) is 10.00 Å². The number of nitrogens with zero attached hydrogens (tertiary/aromatic N) is 2. The van der Waals surface area contributed by atoms with Gasteiger partial charge in [0.25, 0.3) is 5.91 Å². The van der Waals surface area contributed by atoms with Crippen molar-refractivity contribution in [2.45, 2.75) is 58.6 Å². The van der Waals surface area contributed by atoms with Gasteiger partial charge in [0.05, 0.1) is 0 Å². The molecule has 7 heteroatoms. The smallest absolute Gasteiger partial charge is 0.410 e. The topological polar surface area (TPSA) is 94.5 Å². The Labute approximate surface area is 144 Å². The van der Waals surface area contributed by atoms with Crippen LogP contribution in [0.25, 0.3) is 0 Å². The fourth-order valence-electron chi connectivity index (χ4n) is 2.24. The van der Waals surface area contributed by atoms with Crippen molar-refractivity contribution in [1.82, 2.24) is 15.5 Å². The van der Waals surface area contributed by atoms with Crippen molar-refractivity contribution in [3.63, 3.8) is 0 Å². The average molecular weight is 336 g/mol. The van der Waals surface area contributed by atoms with Gasteiger partial charge in [0.2, 0.25) is 0 Å². The maximum atomic E-state index is 12.0. The molecule has 1 fully saturated rings. The molecule has 2 N–H and O–H groups in total. The Balaban J connectivity index is 2.45. The summed E-state index contributed by atoms with van der Waals surface area (Å²) in [6.07, 6.45) is 3.48. The summed E-state index contributed by atoms with van der Waals surface area (Å²) in [5, 5.41) is 14.8. The number of amides is 2. The van der Waals surface area contributed by atoms with Gasteiger partial charge in [-0.25, -0.2) is 4.79 Å². The van der Waals surface area contributed by atoms with E-state index in [0.29, 0.717) is 19.6 Å². The summed E-state index contributed by atoms with van der Waals surface area (Å²) in [6, 6.07) is 2.04. The highest BCUT2D eigenvalue weighted by atomic mass is 16.6. The van der Waals surface area contributed by atoms with Gasteiger partial charge >= 0.3 is 6.09 Å². The van der Waals surface area contributed by atoms with Crippen molar-refractivity contribution in [3.8, 4) is 6.07 Å². The lowest BCUT2D eigenvalue weighted by Gasteiger charge is -2.33. The number of carbonyl (C=O) groups excluding carboxylic acids is 2. The Hall–Kier alpha value is -2.23. The SMILES string of the molecule is CCCNC(=O)/C(C#N)=C\NC1CCN(C(=O)OC(C)(C)C)CC1. The third-order valence-corrected chi connectivity index (χ3v) is 3.51. The predicted octanol–water partition coefficient (Wildman–Crippen LogP) is 1.91. The van der Waals surface area contributed by atoms with Gasteiger partial charge in [-0.05, 0) is 40.0 Å². The Morgan fingerprint density at radius 2 is 1.96 bits per heavy atom. The molecule has 0 atom stereocenters. The number of likely N-dealkylation sites (tertiary alicyclic amines) is 1. The van der Waals surface area contributed by atoms with E-state index < -0.39 is 5.60 Å². The molecule has 1 aliphatic heterocycles. The minimum atomic E-state index is -0.498. The number of nitriles is 1. The van der Waals surface area contributed by atoms with Crippen molar-refractivity contribution in [2.75, 3.05) is 19.6 Å². The minimum absolute atomic E-state index is 0.0676. The number of hydrogen-bond donors (Lipinski definition) is 2. The van der Waals surface area contributed by atoms with Crippen LogP contribution in [-0.4, -0.2) is 48.2 Å². The lowest BCUT2D eigenvalue weighted by Crippen LogP contribution is -2.45. The second kappa shape index (κ2) is 9.16. The van der Waals surface area contributed by atoms with Crippen molar-refractivity contribution in [3.05, 3.63) is 11.8 Å². The van der Waals surface area contributed by atoms with Gasteiger partial charge in [-0.2, -0.15) is 5.26 Å². The molecule has 7 nitrogen and oxygen atoms in total. The first-order chi connectivity index (χ1) is 11.3. The molecule has 1 rings (SSSR count). The van der Waals surface area contributed by atoms with Crippen LogP contribution in [0.1, 0.15) is 47.0 Å². The number of carbonyl (C=O) groups is 2. The van der Waals surface area contributed by atoms with E-state index in [2.05, 4.69) is 10.6 Å². The maximum absolute atomic E-state index is 12.0. The van der Waals surface area contributed by atoms with Gasteiger partial charge < -0.3 is 20.3 Å². The fourth-order valence-corrected chi connectivity index (χ4v) is 2.24. The zero-order valence-electron chi connectivity index (χ0n) is 15.0.